The molecule has 21 heavy (non-hydrogen) atoms. The summed E-state index contributed by atoms with van der Waals surface area (Å²) in [5.41, 5.74) is 2.26. The Bertz CT molecular complexity index is 516. The van der Waals surface area contributed by atoms with Crippen LogP contribution in [0.4, 0.5) is 8.78 Å². The minimum absolute atomic E-state index is 0.0206. The molecule has 1 saturated carbocycles. The summed E-state index contributed by atoms with van der Waals surface area (Å²) < 4.78 is 38.0. The highest BCUT2D eigenvalue weighted by Crippen LogP contribution is 2.39. The molecular weight excluding hydrogens is 274 g/mol. The van der Waals surface area contributed by atoms with Gasteiger partial charge in [0.1, 0.15) is 5.75 Å². The Kier molecular flexibility index (Phi) is 3.68. The number of alkyl halides is 2. The minimum atomic E-state index is -2.46. The Morgan fingerprint density at radius 1 is 1.19 bits per heavy atom. The van der Waals surface area contributed by atoms with Gasteiger partial charge in [0.15, 0.2) is 0 Å². The largest absolute Gasteiger partial charge is 0.463 e. The number of rotatable bonds is 2. The molecule has 3 rings (SSSR count). The summed E-state index contributed by atoms with van der Waals surface area (Å²) in [5, 5.41) is 0. The third kappa shape index (κ3) is 3.37. The van der Waals surface area contributed by atoms with Crippen molar-refractivity contribution in [2.75, 3.05) is 0 Å². The maximum atomic E-state index is 13.2. The van der Waals surface area contributed by atoms with Gasteiger partial charge in [-0.25, -0.2) is 8.78 Å². The first kappa shape index (κ1) is 14.8. The molecule has 2 aliphatic rings. The van der Waals surface area contributed by atoms with Gasteiger partial charge >= 0.3 is 0 Å². The number of fused-ring (bicyclic) bond motifs is 1. The van der Waals surface area contributed by atoms with Crippen molar-refractivity contribution < 1.29 is 18.3 Å². The molecule has 1 aromatic rings. The number of benzene rings is 1. The van der Waals surface area contributed by atoms with Gasteiger partial charge in [-0.05, 0) is 36.8 Å². The van der Waals surface area contributed by atoms with Gasteiger partial charge < -0.3 is 9.47 Å². The normalized spacial score (nSPS) is 24.2. The highest BCUT2D eigenvalue weighted by molar-refractivity contribution is 5.41. The zero-order valence-corrected chi connectivity index (χ0v) is 12.6. The van der Waals surface area contributed by atoms with Crippen LogP contribution in [0.1, 0.15) is 50.7 Å². The topological polar surface area (TPSA) is 18.5 Å². The zero-order chi connectivity index (χ0) is 15.1. The first-order valence-corrected chi connectivity index (χ1v) is 7.66. The van der Waals surface area contributed by atoms with E-state index in [-0.39, 0.29) is 12.8 Å². The second-order valence-electron chi connectivity index (χ2n) is 6.69. The minimum Gasteiger partial charge on any atom is -0.463 e. The fourth-order valence-corrected chi connectivity index (χ4v) is 3.22. The molecule has 4 heteroatoms. The second-order valence-corrected chi connectivity index (χ2v) is 6.69. The number of halogens is 2. The second kappa shape index (κ2) is 5.24. The van der Waals surface area contributed by atoms with Gasteiger partial charge in [0, 0.05) is 32.3 Å². The molecule has 116 valence electrons. The summed E-state index contributed by atoms with van der Waals surface area (Å²) in [7, 11) is 0. The van der Waals surface area contributed by atoms with Gasteiger partial charge in [-0.1, -0.05) is 12.1 Å². The summed E-state index contributed by atoms with van der Waals surface area (Å²) in [6.07, 6.45) is 2.08. The highest BCUT2D eigenvalue weighted by Gasteiger charge is 2.35. The number of hydrogen-bond donors (Lipinski definition) is 0. The Morgan fingerprint density at radius 2 is 1.90 bits per heavy atom. The fourth-order valence-electron chi connectivity index (χ4n) is 3.22. The standard InChI is InChI=1S/C17H22F2O2/c1-16(2)20-11-14-13(4-3-5-15(14)21-16)10-12-6-8-17(18,19)9-7-12/h3-5,12H,6-11H2,1-2H3. The monoisotopic (exact) mass is 296 g/mol. The van der Waals surface area contributed by atoms with Crippen molar-refractivity contribution >= 4 is 0 Å². The van der Waals surface area contributed by atoms with E-state index in [1.54, 1.807) is 0 Å². The lowest BCUT2D eigenvalue weighted by Gasteiger charge is -2.34. The average Bonchev–Trinajstić information content (AvgIpc) is 2.40. The molecule has 0 atom stereocenters. The van der Waals surface area contributed by atoms with E-state index in [1.807, 2.05) is 26.0 Å². The maximum absolute atomic E-state index is 13.2. The summed E-state index contributed by atoms with van der Waals surface area (Å²) >= 11 is 0. The molecule has 1 aliphatic carbocycles. The molecule has 0 radical (unpaired) electrons. The van der Waals surface area contributed by atoms with E-state index in [9.17, 15) is 8.78 Å². The Morgan fingerprint density at radius 3 is 2.62 bits per heavy atom. The van der Waals surface area contributed by atoms with Gasteiger partial charge in [-0.2, -0.15) is 0 Å². The van der Waals surface area contributed by atoms with Gasteiger partial charge in [0.05, 0.1) is 6.61 Å². The molecule has 0 N–H and O–H groups in total. The van der Waals surface area contributed by atoms with E-state index in [0.29, 0.717) is 25.4 Å². The first-order chi connectivity index (χ1) is 9.85. The van der Waals surface area contributed by atoms with Crippen LogP contribution in [0.5, 0.6) is 5.75 Å². The predicted molar refractivity (Wildman–Crippen MR) is 76.5 cm³/mol. The molecule has 0 aromatic heterocycles. The molecule has 0 spiro atoms. The lowest BCUT2D eigenvalue weighted by molar-refractivity contribution is -0.180. The smallest absolute Gasteiger partial charge is 0.248 e. The molecular formula is C17H22F2O2. The lowest BCUT2D eigenvalue weighted by Crippen LogP contribution is -2.35. The van der Waals surface area contributed by atoms with Crippen LogP contribution >= 0.6 is 0 Å². The van der Waals surface area contributed by atoms with Crippen molar-refractivity contribution in [3.63, 3.8) is 0 Å². The van der Waals surface area contributed by atoms with E-state index < -0.39 is 11.7 Å². The summed E-state index contributed by atoms with van der Waals surface area (Å²) in [6.45, 7) is 4.32. The van der Waals surface area contributed by atoms with Gasteiger partial charge in [-0.3, -0.25) is 0 Å². The third-order valence-electron chi connectivity index (χ3n) is 4.50. The molecule has 1 heterocycles. The number of hydrogen-bond acceptors (Lipinski definition) is 2. The SMILES string of the molecule is CC1(C)OCc2c(CC3CCC(F)(F)CC3)cccc2O1. The van der Waals surface area contributed by atoms with Gasteiger partial charge in [0.25, 0.3) is 0 Å². The summed E-state index contributed by atoms with van der Waals surface area (Å²) in [6, 6.07) is 6.00. The quantitative estimate of drug-likeness (QED) is 0.787. The van der Waals surface area contributed by atoms with Crippen LogP contribution in [0.25, 0.3) is 0 Å². The molecule has 0 unspecified atom stereocenters. The van der Waals surface area contributed by atoms with Gasteiger partial charge in [0.2, 0.25) is 11.7 Å². The van der Waals surface area contributed by atoms with Crippen molar-refractivity contribution in [2.45, 2.75) is 64.3 Å². The van der Waals surface area contributed by atoms with Gasteiger partial charge in [-0.15, -0.1) is 0 Å². The Hall–Kier alpha value is -1.16. The molecule has 1 aliphatic heterocycles. The van der Waals surface area contributed by atoms with Crippen LogP contribution in [0.3, 0.4) is 0 Å². The number of ether oxygens (including phenoxy) is 2. The van der Waals surface area contributed by atoms with Crippen LogP contribution in [-0.2, 0) is 17.8 Å². The predicted octanol–water partition coefficient (Wildman–Crippen LogP) is 4.70. The molecule has 2 nitrogen and oxygen atoms in total. The molecule has 1 aromatic carbocycles. The fraction of sp³-hybridized carbons (Fsp3) is 0.647. The first-order valence-electron chi connectivity index (χ1n) is 7.66. The average molecular weight is 296 g/mol. The van der Waals surface area contributed by atoms with Crippen molar-refractivity contribution in [1.29, 1.82) is 0 Å². The van der Waals surface area contributed by atoms with Crippen LogP contribution in [0, 0.1) is 5.92 Å². The van der Waals surface area contributed by atoms with Crippen molar-refractivity contribution in [2.24, 2.45) is 5.92 Å². The van der Waals surface area contributed by atoms with E-state index in [4.69, 9.17) is 9.47 Å². The molecule has 0 saturated heterocycles. The molecule has 1 fully saturated rings. The van der Waals surface area contributed by atoms with E-state index in [0.717, 1.165) is 17.7 Å². The molecule has 0 amide bonds. The lowest BCUT2D eigenvalue weighted by atomic mass is 9.82. The van der Waals surface area contributed by atoms with Crippen molar-refractivity contribution in [3.8, 4) is 5.75 Å². The van der Waals surface area contributed by atoms with E-state index in [1.165, 1.54) is 5.56 Å². The summed E-state index contributed by atoms with van der Waals surface area (Å²) in [4.78, 5) is 0. The van der Waals surface area contributed by atoms with Crippen LogP contribution in [0.2, 0.25) is 0 Å². The third-order valence-corrected chi connectivity index (χ3v) is 4.50. The highest BCUT2D eigenvalue weighted by atomic mass is 19.3. The van der Waals surface area contributed by atoms with E-state index in [2.05, 4.69) is 6.07 Å². The Balaban J connectivity index is 1.73. The van der Waals surface area contributed by atoms with Crippen LogP contribution in [-0.4, -0.2) is 11.7 Å². The van der Waals surface area contributed by atoms with Crippen molar-refractivity contribution in [3.05, 3.63) is 29.3 Å². The Labute approximate surface area is 124 Å². The van der Waals surface area contributed by atoms with Crippen molar-refractivity contribution in [1.82, 2.24) is 0 Å². The van der Waals surface area contributed by atoms with Crippen LogP contribution in [0.15, 0.2) is 18.2 Å². The van der Waals surface area contributed by atoms with E-state index >= 15 is 0 Å². The summed E-state index contributed by atoms with van der Waals surface area (Å²) in [5.74, 6) is -1.85. The van der Waals surface area contributed by atoms with Crippen LogP contribution < -0.4 is 4.74 Å². The molecule has 0 bridgehead atoms. The maximum Gasteiger partial charge on any atom is 0.248 e. The zero-order valence-electron chi connectivity index (χ0n) is 12.6.